The van der Waals surface area contributed by atoms with Crippen molar-refractivity contribution in [2.75, 3.05) is 31.1 Å². The van der Waals surface area contributed by atoms with Crippen molar-refractivity contribution in [1.82, 2.24) is 9.80 Å². The van der Waals surface area contributed by atoms with Crippen LogP contribution in [0.4, 0.5) is 5.69 Å². The van der Waals surface area contributed by atoms with Crippen LogP contribution in [0, 0.1) is 17.8 Å². The van der Waals surface area contributed by atoms with Crippen LogP contribution in [0.3, 0.4) is 0 Å². The van der Waals surface area contributed by atoms with Gasteiger partial charge in [0.15, 0.2) is 0 Å². The van der Waals surface area contributed by atoms with E-state index in [9.17, 15) is 19.5 Å². The molecule has 4 rings (SSSR count). The second kappa shape index (κ2) is 13.2. The second-order valence-electron chi connectivity index (χ2n) is 11.5. The number of hydrogen-bond acceptors (Lipinski definition) is 5. The zero-order valence-corrected chi connectivity index (χ0v) is 26.0. The van der Waals surface area contributed by atoms with E-state index >= 15 is 0 Å². The minimum Gasteiger partial charge on any atom is -0.394 e. The van der Waals surface area contributed by atoms with Crippen molar-refractivity contribution in [3.8, 4) is 0 Å². The molecule has 9 heteroatoms. The summed E-state index contributed by atoms with van der Waals surface area (Å²) in [5.74, 6) is -2.42. The molecule has 224 valence electrons. The maximum atomic E-state index is 14.6. The number of para-hydroxylation sites is 1. The van der Waals surface area contributed by atoms with E-state index in [1.165, 1.54) is 0 Å². The summed E-state index contributed by atoms with van der Waals surface area (Å²) in [7, 11) is 0. The van der Waals surface area contributed by atoms with Gasteiger partial charge in [0.1, 0.15) is 11.6 Å². The lowest BCUT2D eigenvalue weighted by molar-refractivity contribution is -0.152. The number of ether oxygens (including phenoxy) is 1. The molecule has 0 aromatic heterocycles. The quantitative estimate of drug-likeness (QED) is 0.246. The predicted octanol–water partition coefficient (Wildman–Crippen LogP) is 4.18. The van der Waals surface area contributed by atoms with Gasteiger partial charge in [-0.3, -0.25) is 14.4 Å². The third-order valence-corrected chi connectivity index (χ3v) is 10.0. The number of carbonyl (C=O) groups excluding carboxylic acids is 3. The third-order valence-electron chi connectivity index (χ3n) is 9.18. The summed E-state index contributed by atoms with van der Waals surface area (Å²) >= 11 is 3.77. The second-order valence-corrected chi connectivity index (χ2v) is 12.7. The predicted molar refractivity (Wildman–Crippen MR) is 164 cm³/mol. The van der Waals surface area contributed by atoms with E-state index in [0.717, 1.165) is 12.8 Å². The number of carbonyl (C=O) groups is 3. The minimum atomic E-state index is -1.18. The number of nitrogens with zero attached hydrogens (tertiary/aromatic N) is 3. The van der Waals surface area contributed by atoms with Crippen LogP contribution in [0.1, 0.15) is 46.5 Å². The van der Waals surface area contributed by atoms with E-state index in [-0.39, 0.29) is 41.6 Å². The van der Waals surface area contributed by atoms with Crippen LogP contribution >= 0.6 is 15.9 Å². The summed E-state index contributed by atoms with van der Waals surface area (Å²) in [6.07, 6.45) is 5.66. The molecule has 3 heterocycles. The van der Waals surface area contributed by atoms with Crippen LogP contribution in [0.5, 0.6) is 0 Å². The summed E-state index contributed by atoms with van der Waals surface area (Å²) in [6, 6.07) is 7.80. The van der Waals surface area contributed by atoms with Gasteiger partial charge in [-0.25, -0.2) is 0 Å². The first kappa shape index (κ1) is 31.4. The lowest BCUT2D eigenvalue weighted by atomic mass is 9.70. The number of aliphatic hydroxyl groups is 1. The highest BCUT2D eigenvalue weighted by atomic mass is 79.9. The zero-order chi connectivity index (χ0) is 29.9. The molecule has 0 aliphatic carbocycles. The summed E-state index contributed by atoms with van der Waals surface area (Å²) in [5, 5.41) is 10.6. The Morgan fingerprint density at radius 2 is 1.88 bits per heavy atom. The lowest BCUT2D eigenvalue weighted by Gasteiger charge is -2.41. The fourth-order valence-corrected chi connectivity index (χ4v) is 7.95. The molecular formula is C32H44BrN3O5. The lowest BCUT2D eigenvalue weighted by Crippen LogP contribution is -2.60. The molecule has 2 bridgehead atoms. The number of likely N-dealkylation sites (tertiary alicyclic amines) is 1. The Morgan fingerprint density at radius 3 is 2.46 bits per heavy atom. The smallest absolute Gasteiger partial charge is 0.248 e. The van der Waals surface area contributed by atoms with Crippen molar-refractivity contribution in [2.24, 2.45) is 17.8 Å². The molecule has 1 spiro atoms. The van der Waals surface area contributed by atoms with Crippen LogP contribution in [-0.2, 0) is 19.1 Å². The average Bonchev–Trinajstić information content (AvgIpc) is 3.57. The van der Waals surface area contributed by atoms with Gasteiger partial charge < -0.3 is 24.5 Å². The molecule has 41 heavy (non-hydrogen) atoms. The van der Waals surface area contributed by atoms with Gasteiger partial charge in [-0.15, -0.1) is 13.2 Å². The van der Waals surface area contributed by atoms with Crippen molar-refractivity contribution in [1.29, 1.82) is 0 Å². The van der Waals surface area contributed by atoms with Gasteiger partial charge in [-0.1, -0.05) is 79.9 Å². The number of rotatable bonds is 14. The molecule has 8 nitrogen and oxygen atoms in total. The number of aliphatic hydroxyl groups excluding tert-OH is 1. The first-order valence-electron chi connectivity index (χ1n) is 14.8. The number of unbranched alkanes of at least 4 members (excludes halogenated alkanes) is 1. The van der Waals surface area contributed by atoms with E-state index in [1.807, 2.05) is 44.2 Å². The van der Waals surface area contributed by atoms with Crippen molar-refractivity contribution >= 4 is 39.3 Å². The average molecular weight is 631 g/mol. The molecule has 8 atom stereocenters. The molecule has 3 amide bonds. The zero-order valence-electron chi connectivity index (χ0n) is 24.5. The van der Waals surface area contributed by atoms with Gasteiger partial charge in [0.25, 0.3) is 0 Å². The van der Waals surface area contributed by atoms with Crippen molar-refractivity contribution < 1.29 is 24.2 Å². The number of hydrogen-bond donors (Lipinski definition) is 1. The largest absolute Gasteiger partial charge is 0.394 e. The Morgan fingerprint density at radius 1 is 1.20 bits per heavy atom. The molecule has 1 aromatic carbocycles. The van der Waals surface area contributed by atoms with Gasteiger partial charge in [0.2, 0.25) is 17.7 Å². The molecule has 3 aliphatic heterocycles. The molecular weight excluding hydrogens is 586 g/mol. The summed E-state index contributed by atoms with van der Waals surface area (Å²) < 4.78 is 6.73. The van der Waals surface area contributed by atoms with Crippen LogP contribution in [0.15, 0.2) is 55.6 Å². The monoisotopic (exact) mass is 629 g/mol. The van der Waals surface area contributed by atoms with Gasteiger partial charge in [-0.05, 0) is 30.9 Å². The standard InChI is InChI=1S/C32H44BrN3O5/c1-6-10-18-34(16-7-2)31(40)28-32-19-23(33)27(41-32)25(26(32)30(39)36(28)24(20-37)21(5)9-4)29(38)35(17-8-3)22-14-12-11-13-15-22/h7-8,11-15,21,23-28,37H,2-3,6,9-10,16-20H2,1,4-5H3/t21-,23?,24-,25+,26-,27+,28?,32?/m0/s1. The van der Waals surface area contributed by atoms with Crippen molar-refractivity contribution in [3.63, 3.8) is 0 Å². The maximum Gasteiger partial charge on any atom is 0.248 e. The van der Waals surface area contributed by atoms with Crippen LogP contribution < -0.4 is 4.90 Å². The van der Waals surface area contributed by atoms with E-state index < -0.39 is 35.6 Å². The van der Waals surface area contributed by atoms with Gasteiger partial charge in [0.05, 0.1) is 30.6 Å². The normalized spacial score (nSPS) is 29.6. The highest BCUT2D eigenvalue weighted by Gasteiger charge is 2.77. The summed E-state index contributed by atoms with van der Waals surface area (Å²) in [5.41, 5.74) is -0.476. The van der Waals surface area contributed by atoms with Crippen LogP contribution in [0.25, 0.3) is 0 Å². The Balaban J connectivity index is 1.83. The third kappa shape index (κ3) is 5.41. The van der Waals surface area contributed by atoms with Crippen molar-refractivity contribution in [2.45, 2.75) is 75.1 Å². The van der Waals surface area contributed by atoms with Gasteiger partial charge in [0, 0.05) is 30.1 Å². The number of halogens is 1. The van der Waals surface area contributed by atoms with Crippen LogP contribution in [0.2, 0.25) is 0 Å². The molecule has 1 aromatic rings. The number of anilines is 1. The SMILES string of the molecule is C=CCN(CCCC)C(=O)C1N([C@@H](CO)[C@@H](C)CC)C(=O)[C@@H]2[C@@H](C(=O)N(CC=C)c3ccccc3)[C@@H]3OC12CC3Br. The summed E-state index contributed by atoms with van der Waals surface area (Å²) in [6.45, 7) is 14.6. The molecule has 0 radical (unpaired) electrons. The number of fused-ring (bicyclic) bond motifs is 1. The fourth-order valence-electron chi connectivity index (χ4n) is 7.01. The number of amides is 3. The number of alkyl halides is 1. The Labute approximate surface area is 252 Å². The van der Waals surface area contributed by atoms with Gasteiger partial charge >= 0.3 is 0 Å². The van der Waals surface area contributed by atoms with Crippen LogP contribution in [-0.4, -0.2) is 87.5 Å². The van der Waals surface area contributed by atoms with Crippen molar-refractivity contribution in [3.05, 3.63) is 55.6 Å². The molecule has 3 unspecified atom stereocenters. The first-order chi connectivity index (χ1) is 19.7. The minimum absolute atomic E-state index is 0.0642. The van der Waals surface area contributed by atoms with E-state index in [4.69, 9.17) is 4.74 Å². The Kier molecular flexibility index (Phi) is 10.1. The Bertz CT molecular complexity index is 1130. The molecule has 3 saturated heterocycles. The maximum absolute atomic E-state index is 14.6. The highest BCUT2D eigenvalue weighted by Crippen LogP contribution is 2.61. The topological polar surface area (TPSA) is 90.4 Å². The van der Waals surface area contributed by atoms with E-state index in [0.29, 0.717) is 31.6 Å². The van der Waals surface area contributed by atoms with Gasteiger partial charge in [-0.2, -0.15) is 0 Å². The van der Waals surface area contributed by atoms with E-state index in [2.05, 4.69) is 36.0 Å². The molecule has 3 fully saturated rings. The number of benzene rings is 1. The summed E-state index contributed by atoms with van der Waals surface area (Å²) in [4.78, 5) is 48.2. The molecule has 0 saturated carbocycles. The fraction of sp³-hybridized carbons (Fsp3) is 0.594. The molecule has 1 N–H and O–H groups in total. The van der Waals surface area contributed by atoms with E-state index in [1.54, 1.807) is 26.9 Å². The highest BCUT2D eigenvalue weighted by molar-refractivity contribution is 9.09. The molecule has 3 aliphatic rings. The first-order valence-corrected chi connectivity index (χ1v) is 15.8. The Hall–Kier alpha value is -2.49.